The number of rotatable bonds is 5. The summed E-state index contributed by atoms with van der Waals surface area (Å²) in [6.45, 7) is 5.30. The topological polar surface area (TPSA) is 61.5 Å². The van der Waals surface area contributed by atoms with E-state index < -0.39 is 17.9 Å². The first-order valence-electron chi connectivity index (χ1n) is 5.84. The van der Waals surface area contributed by atoms with Gasteiger partial charge in [0.15, 0.2) is 6.10 Å². The Bertz CT molecular complexity index is 421. The molecule has 5 heteroatoms. The van der Waals surface area contributed by atoms with Gasteiger partial charge >= 0.3 is 5.97 Å². The van der Waals surface area contributed by atoms with Crippen molar-refractivity contribution in [1.29, 1.82) is 0 Å². The van der Waals surface area contributed by atoms with E-state index >= 15 is 0 Å². The number of hydrogen-bond donors (Lipinski definition) is 1. The minimum atomic E-state index is -0.757. The van der Waals surface area contributed by atoms with Crippen LogP contribution in [-0.4, -0.2) is 18.7 Å². The van der Waals surface area contributed by atoms with Crippen molar-refractivity contribution < 1.29 is 18.7 Å². The summed E-state index contributed by atoms with van der Waals surface area (Å²) >= 11 is 0. The average molecular weight is 255 g/mol. The number of carbonyl (C=O) groups excluding carboxylic acids is 1. The number of esters is 1. The normalized spacial score (nSPS) is 13.8. The first-order valence-corrected chi connectivity index (χ1v) is 5.84. The van der Waals surface area contributed by atoms with E-state index in [4.69, 9.17) is 15.2 Å². The number of halogens is 1. The molecule has 2 N–H and O–H groups in total. The van der Waals surface area contributed by atoms with Crippen LogP contribution in [0.2, 0.25) is 0 Å². The van der Waals surface area contributed by atoms with Crippen molar-refractivity contribution in [2.24, 2.45) is 5.73 Å². The standard InChI is InChI=1S/C13H18FNO3/c1-4-17-13(16)9(3)18-12-6-5-10(14)7-11(12)8(2)15/h5-9H,4,15H2,1-3H3/t8-,9?/m0/s1. The van der Waals surface area contributed by atoms with Gasteiger partial charge in [0.05, 0.1) is 6.61 Å². The van der Waals surface area contributed by atoms with Gasteiger partial charge < -0.3 is 15.2 Å². The lowest BCUT2D eigenvalue weighted by atomic mass is 10.1. The zero-order valence-electron chi connectivity index (χ0n) is 10.8. The molecule has 0 saturated carbocycles. The van der Waals surface area contributed by atoms with Gasteiger partial charge in [-0.15, -0.1) is 0 Å². The van der Waals surface area contributed by atoms with Gasteiger partial charge in [0.25, 0.3) is 0 Å². The van der Waals surface area contributed by atoms with Gasteiger partial charge in [0, 0.05) is 11.6 Å². The lowest BCUT2D eigenvalue weighted by molar-refractivity contribution is -0.150. The summed E-state index contributed by atoms with van der Waals surface area (Å²) in [6, 6.07) is 3.64. The second-order valence-electron chi connectivity index (χ2n) is 3.98. The Morgan fingerprint density at radius 3 is 2.67 bits per heavy atom. The van der Waals surface area contributed by atoms with Crippen LogP contribution in [0.5, 0.6) is 5.75 Å². The van der Waals surface area contributed by atoms with Gasteiger partial charge in [-0.1, -0.05) is 0 Å². The minimum Gasteiger partial charge on any atom is -0.479 e. The molecule has 1 aromatic rings. The highest BCUT2D eigenvalue weighted by atomic mass is 19.1. The minimum absolute atomic E-state index is 0.288. The molecule has 0 saturated heterocycles. The van der Waals surface area contributed by atoms with Gasteiger partial charge in [-0.05, 0) is 39.0 Å². The van der Waals surface area contributed by atoms with Crippen LogP contribution in [0.1, 0.15) is 32.4 Å². The fourth-order valence-electron chi connectivity index (χ4n) is 1.48. The molecule has 0 fully saturated rings. The first-order chi connectivity index (χ1) is 8.45. The van der Waals surface area contributed by atoms with Crippen molar-refractivity contribution in [3.8, 4) is 5.75 Å². The van der Waals surface area contributed by atoms with Crippen molar-refractivity contribution >= 4 is 5.97 Å². The van der Waals surface area contributed by atoms with Gasteiger partial charge in [0.1, 0.15) is 11.6 Å². The third-order valence-electron chi connectivity index (χ3n) is 2.38. The van der Waals surface area contributed by atoms with Gasteiger partial charge in [-0.2, -0.15) is 0 Å². The summed E-state index contributed by atoms with van der Waals surface area (Å²) < 4.78 is 23.4. The van der Waals surface area contributed by atoms with Crippen LogP contribution < -0.4 is 10.5 Å². The van der Waals surface area contributed by atoms with E-state index in [9.17, 15) is 9.18 Å². The van der Waals surface area contributed by atoms with E-state index in [1.807, 2.05) is 0 Å². The fraction of sp³-hybridized carbons (Fsp3) is 0.462. The monoisotopic (exact) mass is 255 g/mol. The number of ether oxygens (including phenoxy) is 2. The highest BCUT2D eigenvalue weighted by Crippen LogP contribution is 2.25. The Labute approximate surface area is 106 Å². The molecule has 100 valence electrons. The fourth-order valence-corrected chi connectivity index (χ4v) is 1.48. The number of benzene rings is 1. The van der Waals surface area contributed by atoms with Gasteiger partial charge in [0.2, 0.25) is 0 Å². The Morgan fingerprint density at radius 2 is 2.11 bits per heavy atom. The molecule has 0 aromatic heterocycles. The van der Waals surface area contributed by atoms with Gasteiger partial charge in [-0.3, -0.25) is 0 Å². The van der Waals surface area contributed by atoms with Gasteiger partial charge in [-0.25, -0.2) is 9.18 Å². The Balaban J connectivity index is 2.87. The lowest BCUT2D eigenvalue weighted by Crippen LogP contribution is -2.26. The van der Waals surface area contributed by atoms with Crippen LogP contribution in [0.15, 0.2) is 18.2 Å². The SMILES string of the molecule is CCOC(=O)C(C)Oc1ccc(F)cc1[C@H](C)N. The molecule has 0 amide bonds. The van der Waals surface area contributed by atoms with E-state index in [-0.39, 0.29) is 12.6 Å². The third-order valence-corrected chi connectivity index (χ3v) is 2.38. The molecule has 1 aromatic carbocycles. The van der Waals surface area contributed by atoms with Crippen LogP contribution >= 0.6 is 0 Å². The molecular weight excluding hydrogens is 237 g/mol. The molecule has 0 aliphatic heterocycles. The Kier molecular flexibility index (Phi) is 5.09. The quantitative estimate of drug-likeness (QED) is 0.819. The number of carbonyl (C=O) groups is 1. The summed E-state index contributed by atoms with van der Waals surface area (Å²) in [5.41, 5.74) is 6.25. The summed E-state index contributed by atoms with van der Waals surface area (Å²) in [5, 5.41) is 0. The van der Waals surface area contributed by atoms with E-state index in [0.29, 0.717) is 11.3 Å². The largest absolute Gasteiger partial charge is 0.479 e. The zero-order valence-corrected chi connectivity index (χ0v) is 10.8. The van der Waals surface area contributed by atoms with E-state index in [1.54, 1.807) is 20.8 Å². The van der Waals surface area contributed by atoms with Crippen molar-refractivity contribution in [2.45, 2.75) is 32.9 Å². The number of hydrogen-bond acceptors (Lipinski definition) is 4. The van der Waals surface area contributed by atoms with Crippen LogP contribution in [-0.2, 0) is 9.53 Å². The predicted octanol–water partition coefficient (Wildman–Crippen LogP) is 2.18. The van der Waals surface area contributed by atoms with Crippen molar-refractivity contribution in [3.63, 3.8) is 0 Å². The molecule has 0 spiro atoms. The summed E-state index contributed by atoms with van der Waals surface area (Å²) in [6.07, 6.45) is -0.757. The maximum absolute atomic E-state index is 13.1. The molecular formula is C13H18FNO3. The average Bonchev–Trinajstić information content (AvgIpc) is 2.31. The van der Waals surface area contributed by atoms with Crippen molar-refractivity contribution in [1.82, 2.24) is 0 Å². The molecule has 0 heterocycles. The second-order valence-corrected chi connectivity index (χ2v) is 3.98. The molecule has 0 radical (unpaired) electrons. The smallest absolute Gasteiger partial charge is 0.347 e. The van der Waals surface area contributed by atoms with Crippen LogP contribution in [0.25, 0.3) is 0 Å². The summed E-state index contributed by atoms with van der Waals surface area (Å²) in [4.78, 5) is 11.4. The number of nitrogens with two attached hydrogens (primary N) is 1. The highest BCUT2D eigenvalue weighted by Gasteiger charge is 2.18. The third kappa shape index (κ3) is 3.70. The van der Waals surface area contributed by atoms with Crippen LogP contribution in [0.3, 0.4) is 0 Å². The molecule has 1 rings (SSSR count). The maximum atomic E-state index is 13.1. The lowest BCUT2D eigenvalue weighted by Gasteiger charge is -2.18. The predicted molar refractivity (Wildman–Crippen MR) is 65.7 cm³/mol. The van der Waals surface area contributed by atoms with E-state index in [1.165, 1.54) is 18.2 Å². The summed E-state index contributed by atoms with van der Waals surface area (Å²) in [7, 11) is 0. The van der Waals surface area contributed by atoms with E-state index in [2.05, 4.69) is 0 Å². The molecule has 0 aliphatic carbocycles. The van der Waals surface area contributed by atoms with E-state index in [0.717, 1.165) is 0 Å². The highest BCUT2D eigenvalue weighted by molar-refractivity contribution is 5.74. The zero-order chi connectivity index (χ0) is 13.7. The first kappa shape index (κ1) is 14.4. The molecule has 2 atom stereocenters. The maximum Gasteiger partial charge on any atom is 0.347 e. The second kappa shape index (κ2) is 6.35. The Hall–Kier alpha value is -1.62. The molecule has 1 unspecified atom stereocenters. The molecule has 18 heavy (non-hydrogen) atoms. The Morgan fingerprint density at radius 1 is 1.44 bits per heavy atom. The molecule has 0 bridgehead atoms. The van der Waals surface area contributed by atoms with Crippen LogP contribution in [0.4, 0.5) is 4.39 Å². The summed E-state index contributed by atoms with van der Waals surface area (Å²) in [5.74, 6) is -0.456. The van der Waals surface area contributed by atoms with Crippen LogP contribution in [0, 0.1) is 5.82 Å². The molecule has 0 aliphatic rings. The van der Waals surface area contributed by atoms with Crippen molar-refractivity contribution in [3.05, 3.63) is 29.6 Å². The molecule has 4 nitrogen and oxygen atoms in total. The van der Waals surface area contributed by atoms with Crippen molar-refractivity contribution in [2.75, 3.05) is 6.61 Å².